The lowest BCUT2D eigenvalue weighted by atomic mass is 10.2. The van der Waals surface area contributed by atoms with Crippen molar-refractivity contribution in [3.8, 4) is 0 Å². The Kier molecular flexibility index (Phi) is 4.66. The maximum absolute atomic E-state index is 13.5. The predicted molar refractivity (Wildman–Crippen MR) is 105 cm³/mol. The molecule has 0 aliphatic carbocycles. The van der Waals surface area contributed by atoms with Crippen molar-refractivity contribution >= 4 is 38.9 Å². The molecule has 1 atom stereocenters. The monoisotopic (exact) mass is 424 g/mol. The highest BCUT2D eigenvalue weighted by Gasteiger charge is 2.40. The summed E-state index contributed by atoms with van der Waals surface area (Å²) < 4.78 is 30.4. The van der Waals surface area contributed by atoms with Crippen molar-refractivity contribution in [2.45, 2.75) is 37.6 Å². The summed E-state index contributed by atoms with van der Waals surface area (Å²) in [5.74, 6) is 0.610. The topological polar surface area (TPSA) is 67.6 Å². The maximum Gasteiger partial charge on any atom is 0.245 e. The summed E-state index contributed by atoms with van der Waals surface area (Å²) >= 11 is 12.7. The second-order valence-corrected chi connectivity index (χ2v) is 9.32. The fourth-order valence-corrected chi connectivity index (χ4v) is 6.44. The number of hydrogen-bond acceptors (Lipinski definition) is 4. The fourth-order valence-electron chi connectivity index (χ4n) is 3.61. The molecule has 0 saturated carbocycles. The summed E-state index contributed by atoms with van der Waals surface area (Å²) in [4.78, 5) is 0.0786. The van der Waals surface area contributed by atoms with Gasteiger partial charge < -0.3 is 0 Å². The molecule has 27 heavy (non-hydrogen) atoms. The molecule has 0 unspecified atom stereocenters. The second kappa shape index (κ2) is 6.74. The Balaban J connectivity index is 1.85. The number of sulfonamides is 1. The van der Waals surface area contributed by atoms with Crippen molar-refractivity contribution in [3.63, 3.8) is 0 Å². The molecule has 1 aliphatic rings. The summed E-state index contributed by atoms with van der Waals surface area (Å²) in [5, 5.41) is 9.03. The SMILES string of the molecule is Cc1cc(Cl)c(C)c(S(=O)(=O)N2CCC[C@@H]2c2nnc3ccccn23)c1Cl. The minimum Gasteiger partial charge on any atom is -0.285 e. The molecule has 9 heteroatoms. The zero-order valence-corrected chi connectivity index (χ0v) is 17.2. The fraction of sp³-hybridized carbons (Fsp3) is 0.333. The molecule has 0 amide bonds. The van der Waals surface area contributed by atoms with Gasteiger partial charge >= 0.3 is 0 Å². The lowest BCUT2D eigenvalue weighted by Gasteiger charge is -2.25. The molecule has 0 radical (unpaired) electrons. The molecular formula is C18H18Cl2N4O2S. The summed E-state index contributed by atoms with van der Waals surface area (Å²) in [7, 11) is -3.85. The third-order valence-electron chi connectivity index (χ3n) is 5.00. The number of fused-ring (bicyclic) bond motifs is 1. The highest BCUT2D eigenvalue weighted by molar-refractivity contribution is 7.89. The van der Waals surface area contributed by atoms with E-state index >= 15 is 0 Å². The largest absolute Gasteiger partial charge is 0.285 e. The number of hydrogen-bond donors (Lipinski definition) is 0. The van der Waals surface area contributed by atoms with Crippen LogP contribution in [0.2, 0.25) is 10.0 Å². The van der Waals surface area contributed by atoms with E-state index in [1.54, 1.807) is 19.9 Å². The van der Waals surface area contributed by atoms with Gasteiger partial charge in [0.25, 0.3) is 0 Å². The van der Waals surface area contributed by atoms with Gasteiger partial charge in [0.15, 0.2) is 11.5 Å². The van der Waals surface area contributed by atoms with E-state index < -0.39 is 16.1 Å². The molecule has 6 nitrogen and oxygen atoms in total. The summed E-state index contributed by atoms with van der Waals surface area (Å²) in [6.07, 6.45) is 3.25. The van der Waals surface area contributed by atoms with Crippen molar-refractivity contribution in [1.82, 2.24) is 18.9 Å². The van der Waals surface area contributed by atoms with Gasteiger partial charge in [0.2, 0.25) is 10.0 Å². The molecule has 3 aromatic rings. The molecule has 3 heterocycles. The lowest BCUT2D eigenvalue weighted by Crippen LogP contribution is -2.32. The number of nitrogens with zero attached hydrogens (tertiary/aromatic N) is 4. The second-order valence-electron chi connectivity index (χ2n) is 6.70. The molecule has 1 aromatic carbocycles. The highest BCUT2D eigenvalue weighted by Crippen LogP contribution is 2.41. The molecule has 1 aliphatic heterocycles. The first-order valence-electron chi connectivity index (χ1n) is 8.59. The van der Waals surface area contributed by atoms with Crippen LogP contribution in [-0.4, -0.2) is 33.9 Å². The number of benzene rings is 1. The number of rotatable bonds is 3. The third-order valence-corrected chi connectivity index (χ3v) is 8.07. The van der Waals surface area contributed by atoms with Crippen LogP contribution in [0.3, 0.4) is 0 Å². The van der Waals surface area contributed by atoms with Crippen LogP contribution in [0, 0.1) is 13.8 Å². The van der Waals surface area contributed by atoms with E-state index in [1.165, 1.54) is 4.31 Å². The van der Waals surface area contributed by atoms with E-state index in [9.17, 15) is 8.42 Å². The van der Waals surface area contributed by atoms with Crippen LogP contribution >= 0.6 is 23.2 Å². The van der Waals surface area contributed by atoms with Crippen molar-refractivity contribution in [2.24, 2.45) is 0 Å². The van der Waals surface area contributed by atoms with Gasteiger partial charge in [0, 0.05) is 17.8 Å². The lowest BCUT2D eigenvalue weighted by molar-refractivity contribution is 0.381. The summed E-state index contributed by atoms with van der Waals surface area (Å²) in [6, 6.07) is 6.86. The van der Waals surface area contributed by atoms with E-state index in [0.717, 1.165) is 6.42 Å². The van der Waals surface area contributed by atoms with Gasteiger partial charge in [-0.25, -0.2) is 8.42 Å². The van der Waals surface area contributed by atoms with E-state index in [2.05, 4.69) is 10.2 Å². The first kappa shape index (κ1) is 18.7. The number of pyridine rings is 1. The van der Waals surface area contributed by atoms with Crippen LogP contribution in [0.5, 0.6) is 0 Å². The molecule has 142 valence electrons. The molecule has 0 spiro atoms. The van der Waals surface area contributed by atoms with Gasteiger partial charge in [0.05, 0.1) is 11.1 Å². The van der Waals surface area contributed by atoms with Gasteiger partial charge in [-0.15, -0.1) is 10.2 Å². The highest BCUT2D eigenvalue weighted by atomic mass is 35.5. The first-order chi connectivity index (χ1) is 12.8. The summed E-state index contributed by atoms with van der Waals surface area (Å²) in [5.41, 5.74) is 1.78. The van der Waals surface area contributed by atoms with Gasteiger partial charge in [0.1, 0.15) is 4.90 Å². The quantitative estimate of drug-likeness (QED) is 0.632. The van der Waals surface area contributed by atoms with Crippen molar-refractivity contribution in [2.75, 3.05) is 6.54 Å². The Bertz CT molecular complexity index is 1120. The van der Waals surface area contributed by atoms with Crippen molar-refractivity contribution in [1.29, 1.82) is 0 Å². The minimum atomic E-state index is -3.85. The molecule has 2 aromatic heterocycles. The molecule has 1 fully saturated rings. The van der Waals surface area contributed by atoms with Gasteiger partial charge in [-0.1, -0.05) is 29.3 Å². The Labute approximate surface area is 167 Å². The van der Waals surface area contributed by atoms with E-state index in [-0.39, 0.29) is 9.92 Å². The third kappa shape index (κ3) is 2.93. The summed E-state index contributed by atoms with van der Waals surface area (Å²) in [6.45, 7) is 3.83. The maximum atomic E-state index is 13.5. The van der Waals surface area contributed by atoms with Crippen LogP contribution in [0.15, 0.2) is 35.4 Å². The van der Waals surface area contributed by atoms with Crippen LogP contribution < -0.4 is 0 Å². The Morgan fingerprint density at radius 3 is 2.74 bits per heavy atom. The van der Waals surface area contributed by atoms with Crippen LogP contribution in [-0.2, 0) is 10.0 Å². The van der Waals surface area contributed by atoms with Crippen LogP contribution in [0.25, 0.3) is 5.65 Å². The van der Waals surface area contributed by atoms with Crippen LogP contribution in [0.4, 0.5) is 0 Å². The zero-order valence-electron chi connectivity index (χ0n) is 14.9. The normalized spacial score (nSPS) is 18.4. The molecule has 0 bridgehead atoms. The smallest absolute Gasteiger partial charge is 0.245 e. The predicted octanol–water partition coefficient (Wildman–Crippen LogP) is 4.18. The average molecular weight is 425 g/mol. The Morgan fingerprint density at radius 1 is 1.19 bits per heavy atom. The van der Waals surface area contributed by atoms with E-state index in [1.807, 2.05) is 28.8 Å². The molecule has 4 rings (SSSR count). The Morgan fingerprint density at radius 2 is 1.96 bits per heavy atom. The Hall–Kier alpha value is -1.67. The van der Waals surface area contributed by atoms with Crippen molar-refractivity contribution < 1.29 is 8.42 Å². The number of halogens is 2. The number of aryl methyl sites for hydroxylation is 1. The molecular weight excluding hydrogens is 407 g/mol. The first-order valence-corrected chi connectivity index (χ1v) is 10.8. The minimum absolute atomic E-state index is 0.0786. The number of aromatic nitrogens is 3. The van der Waals surface area contributed by atoms with E-state index in [0.29, 0.717) is 40.6 Å². The molecule has 0 N–H and O–H groups in total. The molecule has 1 saturated heterocycles. The average Bonchev–Trinajstić information content (AvgIpc) is 3.26. The van der Waals surface area contributed by atoms with E-state index in [4.69, 9.17) is 23.2 Å². The van der Waals surface area contributed by atoms with Crippen LogP contribution in [0.1, 0.15) is 35.8 Å². The van der Waals surface area contributed by atoms with Gasteiger partial charge in [-0.3, -0.25) is 4.40 Å². The van der Waals surface area contributed by atoms with Crippen molar-refractivity contribution in [3.05, 3.63) is 57.5 Å². The standard InChI is InChI=1S/C18H18Cl2N4O2S/c1-11-10-13(19)12(2)17(16(11)20)27(25,26)24-9-5-6-14(24)18-22-21-15-7-3-4-8-23(15)18/h3-4,7-8,10,14H,5-6,9H2,1-2H3/t14-/m1/s1. The van der Waals surface area contributed by atoms with Gasteiger partial charge in [-0.2, -0.15) is 4.31 Å². The van der Waals surface area contributed by atoms with Gasteiger partial charge in [-0.05, 0) is 56.0 Å². The zero-order chi connectivity index (χ0) is 19.3.